The quantitative estimate of drug-likeness (QED) is 0.593. The average molecular weight is 235 g/mol. The van der Waals surface area contributed by atoms with Gasteiger partial charge in [0.15, 0.2) is 0 Å². The van der Waals surface area contributed by atoms with E-state index in [2.05, 4.69) is 9.97 Å². The zero-order valence-corrected chi connectivity index (χ0v) is 9.70. The number of rotatable bonds is 4. The van der Waals surface area contributed by atoms with Crippen LogP contribution in [0.25, 0.3) is 5.82 Å². The summed E-state index contributed by atoms with van der Waals surface area (Å²) in [5, 5.41) is 10.9. The summed E-state index contributed by atoms with van der Waals surface area (Å²) in [6, 6.07) is 0. The number of hydrogen-bond acceptors (Lipinski definition) is 4. The van der Waals surface area contributed by atoms with E-state index < -0.39 is 4.92 Å². The fraction of sp³-hybridized carbons (Fsp3) is 0.400. The summed E-state index contributed by atoms with van der Waals surface area (Å²) in [7, 11) is 1.73. The van der Waals surface area contributed by atoms with Crippen molar-refractivity contribution >= 4 is 5.82 Å². The van der Waals surface area contributed by atoms with E-state index in [1.165, 1.54) is 6.33 Å². The van der Waals surface area contributed by atoms with Gasteiger partial charge in [0.25, 0.3) is 0 Å². The zero-order valence-electron chi connectivity index (χ0n) is 9.70. The van der Waals surface area contributed by atoms with Crippen LogP contribution in [0.1, 0.15) is 19.2 Å². The maximum atomic E-state index is 10.9. The highest BCUT2D eigenvalue weighted by Gasteiger charge is 2.23. The normalized spacial score (nSPS) is 10.7. The highest BCUT2D eigenvalue weighted by molar-refractivity contribution is 5.42. The predicted molar refractivity (Wildman–Crippen MR) is 61.0 cm³/mol. The van der Waals surface area contributed by atoms with Crippen molar-refractivity contribution < 1.29 is 4.92 Å². The molecule has 2 aromatic heterocycles. The molecule has 0 radical (unpaired) electrons. The second-order valence-electron chi connectivity index (χ2n) is 3.72. The largest absolute Gasteiger partial charge is 0.407 e. The summed E-state index contributed by atoms with van der Waals surface area (Å²) in [5.74, 6) is 1.10. The van der Waals surface area contributed by atoms with Crippen LogP contribution < -0.4 is 0 Å². The standard InChI is InChI=1S/C10H13N5O2/c1-3-4-8-11-5-6-14(8)10-9(15(16)17)12-7-13(10)2/h5-7H,3-4H2,1-2H3. The molecule has 0 aliphatic rings. The Morgan fingerprint density at radius 1 is 1.47 bits per heavy atom. The summed E-state index contributed by atoms with van der Waals surface area (Å²) in [6.45, 7) is 2.04. The van der Waals surface area contributed by atoms with Crippen LogP contribution in [-0.2, 0) is 13.5 Å². The van der Waals surface area contributed by atoms with E-state index in [0.29, 0.717) is 5.82 Å². The van der Waals surface area contributed by atoms with Gasteiger partial charge in [-0.15, -0.1) is 0 Å². The van der Waals surface area contributed by atoms with E-state index in [-0.39, 0.29) is 5.82 Å². The second kappa shape index (κ2) is 4.36. The Balaban J connectivity index is 2.55. The topological polar surface area (TPSA) is 78.8 Å². The Kier molecular flexibility index (Phi) is 2.90. The molecule has 2 aromatic rings. The summed E-state index contributed by atoms with van der Waals surface area (Å²) >= 11 is 0. The molecule has 0 fully saturated rings. The van der Waals surface area contributed by atoms with Crippen molar-refractivity contribution in [3.8, 4) is 5.82 Å². The van der Waals surface area contributed by atoms with Crippen LogP contribution in [0, 0.1) is 10.1 Å². The monoisotopic (exact) mass is 235 g/mol. The SMILES string of the molecule is CCCc1nccn1-c1c([N+](=O)[O-])ncn1C. The third kappa shape index (κ3) is 1.91. The summed E-state index contributed by atoms with van der Waals surface area (Å²) < 4.78 is 3.34. The molecule has 17 heavy (non-hydrogen) atoms. The van der Waals surface area contributed by atoms with Crippen LogP contribution in [-0.4, -0.2) is 24.0 Å². The van der Waals surface area contributed by atoms with Crippen molar-refractivity contribution in [3.05, 3.63) is 34.7 Å². The summed E-state index contributed by atoms with van der Waals surface area (Å²) in [6.07, 6.45) is 6.50. The fourth-order valence-corrected chi connectivity index (χ4v) is 1.75. The van der Waals surface area contributed by atoms with E-state index in [4.69, 9.17) is 0 Å². The first-order valence-electron chi connectivity index (χ1n) is 5.33. The van der Waals surface area contributed by atoms with Gasteiger partial charge in [-0.1, -0.05) is 6.92 Å². The first-order chi connectivity index (χ1) is 8.15. The molecule has 0 aromatic carbocycles. The molecule has 0 spiro atoms. The number of aromatic nitrogens is 4. The number of imidazole rings is 2. The van der Waals surface area contributed by atoms with E-state index in [1.807, 2.05) is 6.92 Å². The number of nitrogens with zero attached hydrogens (tertiary/aromatic N) is 5. The first-order valence-corrected chi connectivity index (χ1v) is 5.33. The lowest BCUT2D eigenvalue weighted by molar-refractivity contribution is -0.389. The van der Waals surface area contributed by atoms with Crippen molar-refractivity contribution in [2.45, 2.75) is 19.8 Å². The highest BCUT2D eigenvalue weighted by Crippen LogP contribution is 2.21. The van der Waals surface area contributed by atoms with Gasteiger partial charge in [0.1, 0.15) is 5.82 Å². The van der Waals surface area contributed by atoms with Gasteiger partial charge in [0.2, 0.25) is 12.1 Å². The Hall–Kier alpha value is -2.18. The molecule has 90 valence electrons. The lowest BCUT2D eigenvalue weighted by Gasteiger charge is -2.06. The third-order valence-corrected chi connectivity index (χ3v) is 2.48. The predicted octanol–water partition coefficient (Wildman–Crippen LogP) is 1.47. The average Bonchev–Trinajstić information content (AvgIpc) is 2.85. The molecule has 2 heterocycles. The van der Waals surface area contributed by atoms with Gasteiger partial charge in [-0.3, -0.25) is 9.13 Å². The molecule has 0 unspecified atom stereocenters. The minimum atomic E-state index is -0.481. The van der Waals surface area contributed by atoms with Crippen molar-refractivity contribution in [1.29, 1.82) is 0 Å². The molecule has 0 saturated carbocycles. The van der Waals surface area contributed by atoms with Crippen LogP contribution in [0.4, 0.5) is 5.82 Å². The van der Waals surface area contributed by atoms with Gasteiger partial charge in [0.05, 0.1) is 0 Å². The molecular formula is C10H13N5O2. The molecular weight excluding hydrogens is 222 g/mol. The lowest BCUT2D eigenvalue weighted by Crippen LogP contribution is -2.07. The molecule has 0 aliphatic heterocycles. The first kappa shape index (κ1) is 11.3. The van der Waals surface area contributed by atoms with Crippen molar-refractivity contribution in [2.24, 2.45) is 7.05 Å². The Morgan fingerprint density at radius 2 is 2.24 bits per heavy atom. The molecule has 2 rings (SSSR count). The molecule has 7 heteroatoms. The van der Waals surface area contributed by atoms with E-state index >= 15 is 0 Å². The maximum absolute atomic E-state index is 10.9. The molecule has 7 nitrogen and oxygen atoms in total. The van der Waals surface area contributed by atoms with Gasteiger partial charge in [-0.2, -0.15) is 0 Å². The van der Waals surface area contributed by atoms with Crippen LogP contribution in [0.15, 0.2) is 18.7 Å². The molecule has 0 atom stereocenters. The minimum absolute atomic E-state index is 0.150. The highest BCUT2D eigenvalue weighted by atomic mass is 16.6. The third-order valence-electron chi connectivity index (χ3n) is 2.48. The van der Waals surface area contributed by atoms with Crippen LogP contribution in [0.3, 0.4) is 0 Å². The van der Waals surface area contributed by atoms with Crippen LogP contribution in [0.5, 0.6) is 0 Å². The Labute approximate surface area is 97.9 Å². The Bertz CT molecular complexity index is 543. The fourth-order valence-electron chi connectivity index (χ4n) is 1.75. The van der Waals surface area contributed by atoms with E-state index in [0.717, 1.165) is 18.7 Å². The number of aryl methyl sites for hydroxylation is 2. The molecule has 0 amide bonds. The van der Waals surface area contributed by atoms with Crippen molar-refractivity contribution in [3.63, 3.8) is 0 Å². The molecule has 0 saturated heterocycles. The molecule has 0 bridgehead atoms. The van der Waals surface area contributed by atoms with Crippen molar-refractivity contribution in [1.82, 2.24) is 19.1 Å². The number of hydrogen-bond donors (Lipinski definition) is 0. The molecule has 0 N–H and O–H groups in total. The lowest BCUT2D eigenvalue weighted by atomic mass is 10.3. The molecule has 0 aliphatic carbocycles. The maximum Gasteiger partial charge on any atom is 0.407 e. The minimum Gasteiger partial charge on any atom is -0.358 e. The number of nitro groups is 1. The van der Waals surface area contributed by atoms with Gasteiger partial charge in [0, 0.05) is 25.9 Å². The second-order valence-corrected chi connectivity index (χ2v) is 3.72. The van der Waals surface area contributed by atoms with Gasteiger partial charge in [-0.05, 0) is 16.3 Å². The van der Waals surface area contributed by atoms with Gasteiger partial charge >= 0.3 is 5.82 Å². The summed E-state index contributed by atoms with van der Waals surface area (Å²) in [5.41, 5.74) is 0. The van der Waals surface area contributed by atoms with Crippen LogP contribution >= 0.6 is 0 Å². The smallest absolute Gasteiger partial charge is 0.358 e. The van der Waals surface area contributed by atoms with Gasteiger partial charge in [-0.25, -0.2) is 4.98 Å². The van der Waals surface area contributed by atoms with Crippen molar-refractivity contribution in [2.75, 3.05) is 0 Å². The van der Waals surface area contributed by atoms with E-state index in [1.54, 1.807) is 28.6 Å². The van der Waals surface area contributed by atoms with Gasteiger partial charge < -0.3 is 10.1 Å². The Morgan fingerprint density at radius 3 is 2.88 bits per heavy atom. The zero-order chi connectivity index (χ0) is 12.4. The van der Waals surface area contributed by atoms with E-state index in [9.17, 15) is 10.1 Å². The summed E-state index contributed by atoms with van der Waals surface area (Å²) in [4.78, 5) is 18.4. The van der Waals surface area contributed by atoms with Crippen LogP contribution in [0.2, 0.25) is 0 Å².